The Morgan fingerprint density at radius 2 is 0.967 bits per heavy atom. The van der Waals surface area contributed by atoms with Crippen LogP contribution in [0.15, 0.2) is 33.1 Å². The largest absolute Gasteiger partial charge is 0.457 e. The van der Waals surface area contributed by atoms with Crippen molar-refractivity contribution in [2.24, 2.45) is 0 Å². The van der Waals surface area contributed by atoms with Crippen LogP contribution in [0.25, 0.3) is 0 Å². The molecule has 30 heavy (non-hydrogen) atoms. The van der Waals surface area contributed by atoms with Gasteiger partial charge in [0.1, 0.15) is 24.7 Å². The Kier molecular flexibility index (Phi) is 9.29. The molecule has 0 amide bonds. The fraction of sp³-hybridized carbons (Fsp3) is 0.500. The average molecular weight is 440 g/mol. The molecule has 0 saturated carbocycles. The maximum Gasteiger partial charge on any atom is 0.374 e. The molecule has 3 rings (SSSR count). The Morgan fingerprint density at radius 1 is 0.567 bits per heavy atom. The number of hydrogen-bond donors (Lipinski definition) is 0. The molecule has 0 aliphatic carbocycles. The predicted octanol–water partition coefficient (Wildman–Crippen LogP) is 2.68. The number of rotatable bonds is 0. The van der Waals surface area contributed by atoms with Crippen molar-refractivity contribution in [3.05, 3.63) is 47.3 Å². The van der Waals surface area contributed by atoms with Gasteiger partial charge in [-0.1, -0.05) is 0 Å². The van der Waals surface area contributed by atoms with Gasteiger partial charge in [-0.25, -0.2) is 9.59 Å². The van der Waals surface area contributed by atoms with Gasteiger partial charge in [-0.05, 0) is 24.3 Å². The van der Waals surface area contributed by atoms with E-state index in [-0.39, 0.29) is 37.9 Å². The van der Waals surface area contributed by atoms with E-state index in [0.29, 0.717) is 49.5 Å². The molecule has 2 aromatic heterocycles. The van der Waals surface area contributed by atoms with E-state index in [1.54, 1.807) is 24.3 Å². The first-order valence-corrected chi connectivity index (χ1v) is 10.7. The van der Waals surface area contributed by atoms with E-state index >= 15 is 0 Å². The molecule has 0 fully saturated rings. The highest BCUT2D eigenvalue weighted by Crippen LogP contribution is 2.21. The minimum Gasteiger partial charge on any atom is -0.457 e. The van der Waals surface area contributed by atoms with Crippen LogP contribution in [0, 0.1) is 0 Å². The molecule has 0 aromatic carbocycles. The summed E-state index contributed by atoms with van der Waals surface area (Å²) in [7, 11) is 0. The van der Waals surface area contributed by atoms with Gasteiger partial charge in [-0.15, -0.1) is 11.8 Å². The van der Waals surface area contributed by atoms with Gasteiger partial charge in [0, 0.05) is 0 Å². The van der Waals surface area contributed by atoms with E-state index in [1.807, 2.05) is 0 Å². The molecule has 1 aliphatic heterocycles. The molecule has 0 unspecified atom stereocenters. The third kappa shape index (κ3) is 7.52. The van der Waals surface area contributed by atoms with Crippen molar-refractivity contribution in [3.8, 4) is 0 Å². The summed E-state index contributed by atoms with van der Waals surface area (Å²) in [6, 6.07) is 6.62. The van der Waals surface area contributed by atoms with Gasteiger partial charge in [0.2, 0.25) is 11.5 Å². The Hall–Kier alpha value is -2.27. The van der Waals surface area contributed by atoms with Crippen molar-refractivity contribution in [1.82, 2.24) is 0 Å². The fourth-order valence-corrected chi connectivity index (χ4v) is 3.27. The van der Waals surface area contributed by atoms with Crippen LogP contribution in [0.3, 0.4) is 0 Å². The molecule has 0 spiro atoms. The number of cyclic esters (lactones) is 2. The lowest BCUT2D eigenvalue weighted by Gasteiger charge is -2.07. The number of carbonyl (C=O) groups excluding carboxylic acids is 2. The van der Waals surface area contributed by atoms with Gasteiger partial charge in [-0.2, -0.15) is 0 Å². The van der Waals surface area contributed by atoms with Crippen molar-refractivity contribution >= 4 is 23.7 Å². The van der Waals surface area contributed by atoms with Gasteiger partial charge >= 0.3 is 11.9 Å². The van der Waals surface area contributed by atoms with Crippen molar-refractivity contribution in [1.29, 1.82) is 0 Å². The number of ether oxygens (including phenoxy) is 5. The van der Waals surface area contributed by atoms with Crippen LogP contribution in [0.2, 0.25) is 0 Å². The third-order valence-electron chi connectivity index (χ3n) is 3.88. The van der Waals surface area contributed by atoms with Gasteiger partial charge in [0.05, 0.1) is 51.1 Å². The van der Waals surface area contributed by atoms with E-state index in [1.165, 1.54) is 11.8 Å². The summed E-state index contributed by atoms with van der Waals surface area (Å²) in [6.45, 7) is 2.35. The van der Waals surface area contributed by atoms with Crippen molar-refractivity contribution in [2.45, 2.75) is 11.5 Å². The first-order chi connectivity index (χ1) is 14.7. The van der Waals surface area contributed by atoms with Crippen molar-refractivity contribution < 1.29 is 42.1 Å². The lowest BCUT2D eigenvalue weighted by molar-refractivity contribution is -0.00769. The lowest BCUT2D eigenvalue weighted by atomic mass is 10.4. The van der Waals surface area contributed by atoms with Gasteiger partial charge in [0.15, 0.2) is 0 Å². The number of hydrogen-bond acceptors (Lipinski definition) is 10. The highest BCUT2D eigenvalue weighted by molar-refractivity contribution is 7.97. The number of thioether (sulfide) groups is 1. The molecule has 10 heteroatoms. The molecule has 0 atom stereocenters. The molecule has 164 valence electrons. The molecule has 9 nitrogen and oxygen atoms in total. The first kappa shape index (κ1) is 22.4. The second-order valence-electron chi connectivity index (χ2n) is 6.13. The van der Waals surface area contributed by atoms with Gasteiger partial charge < -0.3 is 32.5 Å². The minimum atomic E-state index is -0.535. The highest BCUT2D eigenvalue weighted by atomic mass is 32.2. The van der Waals surface area contributed by atoms with Gasteiger partial charge in [0.25, 0.3) is 0 Å². The predicted molar refractivity (Wildman–Crippen MR) is 105 cm³/mol. The first-order valence-electron chi connectivity index (χ1n) is 9.55. The Balaban J connectivity index is 1.52. The molecule has 4 bridgehead atoms. The summed E-state index contributed by atoms with van der Waals surface area (Å²) in [5.41, 5.74) is 0. The molecular formula is C20H24O9S. The standard InChI is InChI=1S/C20H24O9S/c21-19-17-3-1-15(28-17)13-30-14-16-2-4-18(29-16)20(22)27-12-10-25-8-6-23-5-7-24-9-11-26-19/h1-4H,5-14H2. The lowest BCUT2D eigenvalue weighted by Crippen LogP contribution is -2.15. The van der Waals surface area contributed by atoms with Gasteiger partial charge in [-0.3, -0.25) is 0 Å². The molecular weight excluding hydrogens is 416 g/mol. The number of carbonyl (C=O) groups is 2. The maximum absolute atomic E-state index is 12.0. The maximum atomic E-state index is 12.0. The SMILES string of the molecule is O=C1OCCOCCOCCOCCOC(=O)c2ccc(o2)CSCc2ccc1o2. The summed E-state index contributed by atoms with van der Waals surface area (Å²) in [4.78, 5) is 24.0. The van der Waals surface area contributed by atoms with Crippen LogP contribution < -0.4 is 0 Å². The van der Waals surface area contributed by atoms with Crippen LogP contribution in [0.5, 0.6) is 0 Å². The zero-order valence-corrected chi connectivity index (χ0v) is 17.3. The summed E-state index contributed by atoms with van der Waals surface area (Å²) in [5.74, 6) is 1.57. The van der Waals surface area contributed by atoms with Crippen LogP contribution >= 0.6 is 11.8 Å². The Labute approximate surface area is 177 Å². The number of furan rings is 2. The van der Waals surface area contributed by atoms with Crippen LogP contribution in [0.1, 0.15) is 32.6 Å². The zero-order valence-electron chi connectivity index (χ0n) is 16.5. The summed E-state index contributed by atoms with van der Waals surface area (Å²) < 4.78 is 37.3. The highest BCUT2D eigenvalue weighted by Gasteiger charge is 2.15. The number of esters is 2. The quantitative estimate of drug-likeness (QED) is 0.568. The van der Waals surface area contributed by atoms with E-state index in [4.69, 9.17) is 32.5 Å². The molecule has 3 heterocycles. The fourth-order valence-electron chi connectivity index (χ4n) is 2.45. The smallest absolute Gasteiger partial charge is 0.374 e. The van der Waals surface area contributed by atoms with Crippen molar-refractivity contribution in [2.75, 3.05) is 52.9 Å². The summed E-state index contributed by atoms with van der Waals surface area (Å²) >= 11 is 1.52. The summed E-state index contributed by atoms with van der Waals surface area (Å²) in [5, 5.41) is 0. The Morgan fingerprint density at radius 3 is 1.40 bits per heavy atom. The summed E-state index contributed by atoms with van der Waals surface area (Å²) in [6.07, 6.45) is 0. The monoisotopic (exact) mass is 440 g/mol. The van der Waals surface area contributed by atoms with Crippen LogP contribution in [0.4, 0.5) is 0 Å². The zero-order chi connectivity index (χ0) is 21.0. The third-order valence-corrected chi connectivity index (χ3v) is 4.86. The second kappa shape index (κ2) is 12.4. The minimum absolute atomic E-state index is 0.131. The van der Waals surface area contributed by atoms with E-state index in [2.05, 4.69) is 0 Å². The van der Waals surface area contributed by atoms with Crippen LogP contribution in [-0.4, -0.2) is 64.8 Å². The molecule has 0 N–H and O–H groups in total. The molecule has 0 radical (unpaired) electrons. The normalized spacial score (nSPS) is 18.8. The molecule has 1 aliphatic rings. The van der Waals surface area contributed by atoms with E-state index in [9.17, 15) is 9.59 Å². The second-order valence-corrected chi connectivity index (χ2v) is 7.12. The topological polar surface area (TPSA) is 107 Å². The Bertz CT molecular complexity index is 734. The van der Waals surface area contributed by atoms with Crippen molar-refractivity contribution in [3.63, 3.8) is 0 Å². The van der Waals surface area contributed by atoms with Crippen LogP contribution in [-0.2, 0) is 35.2 Å². The van der Waals surface area contributed by atoms with E-state index in [0.717, 1.165) is 0 Å². The van der Waals surface area contributed by atoms with E-state index < -0.39 is 11.9 Å². The average Bonchev–Trinajstić information content (AvgIpc) is 3.40. The molecule has 0 saturated heterocycles. The number of fused-ring (bicyclic) bond motifs is 4. The molecule has 2 aromatic rings.